The van der Waals surface area contributed by atoms with Gasteiger partial charge in [-0.3, -0.25) is 4.79 Å². The predicted molar refractivity (Wildman–Crippen MR) is 123 cm³/mol. The Bertz CT molecular complexity index is 1020. The van der Waals surface area contributed by atoms with E-state index in [1.807, 2.05) is 47.4 Å². The lowest BCUT2D eigenvalue weighted by molar-refractivity contribution is -0.133. The first-order valence-corrected chi connectivity index (χ1v) is 10.8. The number of hydrogen-bond acceptors (Lipinski definition) is 3. The third-order valence-corrected chi connectivity index (χ3v) is 6.01. The SMILES string of the molecule is COc1cc2c(cc1OC)C(c1ccccc1)N(C(=O)CCCc1ccccc1)CC2. The number of fused-ring (bicyclic) bond motifs is 1. The highest BCUT2D eigenvalue weighted by Crippen LogP contribution is 2.41. The van der Waals surface area contributed by atoms with Gasteiger partial charge < -0.3 is 14.4 Å². The van der Waals surface area contributed by atoms with Crippen molar-refractivity contribution in [3.8, 4) is 11.5 Å². The molecule has 0 spiro atoms. The molecule has 1 heterocycles. The predicted octanol–water partition coefficient (Wildman–Crippen LogP) is 5.20. The van der Waals surface area contributed by atoms with Crippen LogP contribution in [-0.2, 0) is 17.6 Å². The van der Waals surface area contributed by atoms with Crippen LogP contribution in [-0.4, -0.2) is 31.6 Å². The Morgan fingerprint density at radius 1 is 0.935 bits per heavy atom. The lowest BCUT2D eigenvalue weighted by Crippen LogP contribution is -2.40. The first-order valence-electron chi connectivity index (χ1n) is 10.8. The van der Waals surface area contributed by atoms with E-state index in [0.29, 0.717) is 18.7 Å². The zero-order valence-electron chi connectivity index (χ0n) is 18.2. The minimum Gasteiger partial charge on any atom is -0.493 e. The number of carbonyl (C=O) groups is 1. The Labute approximate surface area is 184 Å². The monoisotopic (exact) mass is 415 g/mol. The van der Waals surface area contributed by atoms with Gasteiger partial charge in [-0.1, -0.05) is 60.7 Å². The van der Waals surface area contributed by atoms with Gasteiger partial charge in [-0.05, 0) is 53.6 Å². The number of nitrogens with zero attached hydrogens (tertiary/aromatic N) is 1. The summed E-state index contributed by atoms with van der Waals surface area (Å²) in [5.41, 5.74) is 4.72. The molecule has 3 aromatic rings. The van der Waals surface area contributed by atoms with Crippen molar-refractivity contribution in [2.75, 3.05) is 20.8 Å². The largest absolute Gasteiger partial charge is 0.493 e. The fourth-order valence-corrected chi connectivity index (χ4v) is 4.44. The maximum Gasteiger partial charge on any atom is 0.223 e. The van der Waals surface area contributed by atoms with Gasteiger partial charge >= 0.3 is 0 Å². The summed E-state index contributed by atoms with van der Waals surface area (Å²) in [6.45, 7) is 0.701. The second-order valence-corrected chi connectivity index (χ2v) is 7.90. The van der Waals surface area contributed by atoms with Gasteiger partial charge in [-0.15, -0.1) is 0 Å². The van der Waals surface area contributed by atoms with Crippen LogP contribution in [0.5, 0.6) is 11.5 Å². The molecule has 0 aromatic heterocycles. The van der Waals surface area contributed by atoms with E-state index in [1.54, 1.807) is 14.2 Å². The molecule has 1 atom stereocenters. The van der Waals surface area contributed by atoms with Crippen LogP contribution >= 0.6 is 0 Å². The molecule has 0 bridgehead atoms. The number of methoxy groups -OCH3 is 2. The van der Waals surface area contributed by atoms with Crippen molar-refractivity contribution < 1.29 is 14.3 Å². The molecular formula is C27H29NO3. The van der Waals surface area contributed by atoms with Gasteiger partial charge in [0.1, 0.15) is 0 Å². The lowest BCUT2D eigenvalue weighted by atomic mass is 9.87. The molecule has 0 saturated carbocycles. The Balaban J connectivity index is 1.61. The minimum absolute atomic E-state index is 0.117. The zero-order valence-corrected chi connectivity index (χ0v) is 18.2. The highest BCUT2D eigenvalue weighted by Gasteiger charge is 2.32. The number of hydrogen-bond donors (Lipinski definition) is 0. The molecule has 4 rings (SSSR count). The molecule has 0 saturated heterocycles. The number of aryl methyl sites for hydroxylation is 1. The van der Waals surface area contributed by atoms with Gasteiger partial charge in [0.2, 0.25) is 5.91 Å². The minimum atomic E-state index is -0.117. The second kappa shape index (κ2) is 9.69. The summed E-state index contributed by atoms with van der Waals surface area (Å²) in [5, 5.41) is 0. The molecule has 4 nitrogen and oxygen atoms in total. The molecule has 0 radical (unpaired) electrons. The van der Waals surface area contributed by atoms with Crippen LogP contribution < -0.4 is 9.47 Å². The number of carbonyl (C=O) groups excluding carboxylic acids is 1. The normalized spacial score (nSPS) is 15.3. The number of benzene rings is 3. The molecule has 1 amide bonds. The number of ether oxygens (including phenoxy) is 2. The summed E-state index contributed by atoms with van der Waals surface area (Å²) in [6.07, 6.45) is 3.11. The van der Waals surface area contributed by atoms with Gasteiger partial charge in [0.25, 0.3) is 0 Å². The first kappa shape index (κ1) is 21.0. The van der Waals surface area contributed by atoms with Crippen LogP contribution in [0, 0.1) is 0 Å². The Morgan fingerprint density at radius 2 is 1.58 bits per heavy atom. The van der Waals surface area contributed by atoms with Gasteiger partial charge in [-0.2, -0.15) is 0 Å². The second-order valence-electron chi connectivity index (χ2n) is 7.90. The smallest absolute Gasteiger partial charge is 0.223 e. The first-order chi connectivity index (χ1) is 15.2. The van der Waals surface area contributed by atoms with E-state index in [1.165, 1.54) is 11.1 Å². The molecule has 31 heavy (non-hydrogen) atoms. The Kier molecular flexibility index (Phi) is 6.56. The fourth-order valence-electron chi connectivity index (χ4n) is 4.44. The van der Waals surface area contributed by atoms with E-state index in [4.69, 9.17) is 9.47 Å². The molecular weight excluding hydrogens is 386 g/mol. The molecule has 1 aliphatic rings. The van der Waals surface area contributed by atoms with Crippen LogP contribution in [0.25, 0.3) is 0 Å². The fraction of sp³-hybridized carbons (Fsp3) is 0.296. The quantitative estimate of drug-likeness (QED) is 0.532. The van der Waals surface area contributed by atoms with Crippen molar-refractivity contribution in [2.45, 2.75) is 31.7 Å². The average molecular weight is 416 g/mol. The standard InChI is InChI=1S/C27H29NO3/c1-30-24-18-22-16-17-28(26(29)15-9-12-20-10-5-3-6-11-20)27(21-13-7-4-8-14-21)23(22)19-25(24)31-2/h3-8,10-11,13-14,18-19,27H,9,12,15-17H2,1-2H3. The Morgan fingerprint density at radius 3 is 2.26 bits per heavy atom. The molecule has 0 fully saturated rings. The van der Waals surface area contributed by atoms with Gasteiger partial charge in [0.15, 0.2) is 11.5 Å². The van der Waals surface area contributed by atoms with Crippen molar-refractivity contribution in [3.63, 3.8) is 0 Å². The maximum absolute atomic E-state index is 13.3. The van der Waals surface area contributed by atoms with Gasteiger partial charge in [-0.25, -0.2) is 0 Å². The van der Waals surface area contributed by atoms with Crippen LogP contribution in [0.1, 0.15) is 41.1 Å². The zero-order chi connectivity index (χ0) is 21.6. The summed E-state index contributed by atoms with van der Waals surface area (Å²) >= 11 is 0. The van der Waals surface area contributed by atoms with Crippen molar-refractivity contribution >= 4 is 5.91 Å². The van der Waals surface area contributed by atoms with Crippen molar-refractivity contribution in [3.05, 3.63) is 95.1 Å². The molecule has 160 valence electrons. The summed E-state index contributed by atoms with van der Waals surface area (Å²) in [6, 6.07) is 24.6. The van der Waals surface area contributed by atoms with E-state index >= 15 is 0 Å². The number of amides is 1. The topological polar surface area (TPSA) is 38.8 Å². The van der Waals surface area contributed by atoms with E-state index in [2.05, 4.69) is 30.3 Å². The van der Waals surface area contributed by atoms with Crippen LogP contribution in [0.2, 0.25) is 0 Å². The van der Waals surface area contributed by atoms with Gasteiger partial charge in [0.05, 0.1) is 20.3 Å². The van der Waals surface area contributed by atoms with Crippen molar-refractivity contribution in [2.24, 2.45) is 0 Å². The third-order valence-electron chi connectivity index (χ3n) is 6.01. The summed E-state index contributed by atoms with van der Waals surface area (Å²) in [5.74, 6) is 1.63. The average Bonchev–Trinajstić information content (AvgIpc) is 2.83. The van der Waals surface area contributed by atoms with Gasteiger partial charge in [0, 0.05) is 13.0 Å². The molecule has 0 N–H and O–H groups in total. The van der Waals surface area contributed by atoms with E-state index in [-0.39, 0.29) is 11.9 Å². The lowest BCUT2D eigenvalue weighted by Gasteiger charge is -2.38. The van der Waals surface area contributed by atoms with E-state index in [0.717, 1.165) is 36.1 Å². The highest BCUT2D eigenvalue weighted by atomic mass is 16.5. The molecule has 1 unspecified atom stereocenters. The number of rotatable bonds is 7. The molecule has 3 aromatic carbocycles. The van der Waals surface area contributed by atoms with E-state index in [9.17, 15) is 4.79 Å². The van der Waals surface area contributed by atoms with Crippen LogP contribution in [0.15, 0.2) is 72.8 Å². The van der Waals surface area contributed by atoms with Crippen LogP contribution in [0.4, 0.5) is 0 Å². The summed E-state index contributed by atoms with van der Waals surface area (Å²) in [7, 11) is 3.31. The molecule has 4 heteroatoms. The third kappa shape index (κ3) is 4.58. The maximum atomic E-state index is 13.3. The van der Waals surface area contributed by atoms with Crippen LogP contribution in [0.3, 0.4) is 0 Å². The molecule has 0 aliphatic carbocycles. The Hall–Kier alpha value is -3.27. The molecule has 1 aliphatic heterocycles. The highest BCUT2D eigenvalue weighted by molar-refractivity contribution is 5.78. The van der Waals surface area contributed by atoms with Crippen molar-refractivity contribution in [1.29, 1.82) is 0 Å². The summed E-state index contributed by atoms with van der Waals surface area (Å²) in [4.78, 5) is 15.4. The summed E-state index contributed by atoms with van der Waals surface area (Å²) < 4.78 is 11.1. The van der Waals surface area contributed by atoms with Crippen molar-refractivity contribution in [1.82, 2.24) is 4.90 Å². The van der Waals surface area contributed by atoms with E-state index < -0.39 is 0 Å².